The van der Waals surface area contributed by atoms with E-state index in [1.165, 1.54) is 0 Å². The number of amides is 1. The Hall–Kier alpha value is -4.03. The van der Waals surface area contributed by atoms with Crippen molar-refractivity contribution in [1.82, 2.24) is 29.2 Å². The van der Waals surface area contributed by atoms with E-state index in [0.29, 0.717) is 36.7 Å². The first-order valence-corrected chi connectivity index (χ1v) is 11.4. The molecule has 0 saturated carbocycles. The van der Waals surface area contributed by atoms with Gasteiger partial charge in [-0.3, -0.25) is 9.36 Å². The Morgan fingerprint density at radius 2 is 2.06 bits per heavy atom. The average Bonchev–Trinajstić information content (AvgIpc) is 3.44. The number of aliphatic hydroxyl groups is 1. The molecule has 9 nitrogen and oxygen atoms in total. The van der Waals surface area contributed by atoms with E-state index >= 15 is 0 Å². The third kappa shape index (κ3) is 4.04. The highest BCUT2D eigenvalue weighted by Crippen LogP contribution is 2.23. The maximum Gasteiger partial charge on any atom is 0.222 e. The lowest BCUT2D eigenvalue weighted by atomic mass is 10.1. The van der Waals surface area contributed by atoms with E-state index in [0.717, 1.165) is 47.2 Å². The van der Waals surface area contributed by atoms with E-state index in [1.54, 1.807) is 17.1 Å². The lowest BCUT2D eigenvalue weighted by Gasteiger charge is -2.26. The van der Waals surface area contributed by atoms with Crippen LogP contribution in [0.5, 0.6) is 0 Å². The quantitative estimate of drug-likeness (QED) is 0.478. The van der Waals surface area contributed by atoms with Crippen molar-refractivity contribution >= 4 is 16.9 Å². The standard InChI is InChI=1S/C25H25N7O2/c1-17-12-20(14-26)29-32(17)25-19(9-11-33)6-8-23(28-25)31-16-27-21-13-18(5-7-22(21)31)15-30-10-3-2-4-24(30)34/h5-8,12-13,16,33H,2-4,9-11,15H2,1H3. The number of aliphatic hydroxyl groups excluding tert-OH is 1. The zero-order chi connectivity index (χ0) is 23.7. The molecule has 1 aromatic carbocycles. The van der Waals surface area contributed by atoms with Crippen molar-refractivity contribution < 1.29 is 9.90 Å². The van der Waals surface area contributed by atoms with Gasteiger partial charge in [-0.2, -0.15) is 10.4 Å². The summed E-state index contributed by atoms with van der Waals surface area (Å²) in [5.74, 6) is 1.45. The number of aryl methyl sites for hydroxylation is 1. The summed E-state index contributed by atoms with van der Waals surface area (Å²) in [5, 5.41) is 23.1. The van der Waals surface area contributed by atoms with Crippen LogP contribution in [0.3, 0.4) is 0 Å². The Morgan fingerprint density at radius 3 is 2.82 bits per heavy atom. The first-order valence-electron chi connectivity index (χ1n) is 11.4. The van der Waals surface area contributed by atoms with E-state index in [1.807, 2.05) is 46.7 Å². The van der Waals surface area contributed by atoms with Crippen molar-refractivity contribution in [2.24, 2.45) is 0 Å². The SMILES string of the molecule is Cc1cc(C#N)nn1-c1nc(-n2cnc3cc(CN4CCCCC4=O)ccc32)ccc1CCO. The third-order valence-electron chi connectivity index (χ3n) is 6.18. The molecule has 9 heteroatoms. The minimum atomic E-state index is -0.0181. The number of carbonyl (C=O) groups is 1. The van der Waals surface area contributed by atoms with Crippen molar-refractivity contribution in [2.45, 2.75) is 39.2 Å². The van der Waals surface area contributed by atoms with Crippen molar-refractivity contribution in [1.29, 1.82) is 5.26 Å². The van der Waals surface area contributed by atoms with Gasteiger partial charge >= 0.3 is 0 Å². The topological polar surface area (TPSA) is 113 Å². The fourth-order valence-electron chi connectivity index (χ4n) is 4.43. The number of imidazole rings is 1. The summed E-state index contributed by atoms with van der Waals surface area (Å²) in [7, 11) is 0. The van der Waals surface area contributed by atoms with Crippen molar-refractivity contribution in [2.75, 3.05) is 13.2 Å². The highest BCUT2D eigenvalue weighted by atomic mass is 16.3. The highest BCUT2D eigenvalue weighted by molar-refractivity contribution is 5.79. The number of nitrogens with zero attached hydrogens (tertiary/aromatic N) is 7. The number of pyridine rings is 1. The number of nitriles is 1. The van der Waals surface area contributed by atoms with E-state index < -0.39 is 0 Å². The summed E-state index contributed by atoms with van der Waals surface area (Å²) in [6.07, 6.45) is 4.81. The molecule has 0 aliphatic carbocycles. The molecule has 34 heavy (non-hydrogen) atoms. The minimum absolute atomic E-state index is 0.0181. The molecular formula is C25H25N7O2. The number of rotatable bonds is 6. The molecule has 4 aromatic rings. The molecule has 172 valence electrons. The average molecular weight is 456 g/mol. The molecule has 0 bridgehead atoms. The second-order valence-electron chi connectivity index (χ2n) is 8.53. The molecular weight excluding hydrogens is 430 g/mol. The molecule has 1 aliphatic heterocycles. The predicted octanol–water partition coefficient (Wildman–Crippen LogP) is 2.83. The van der Waals surface area contributed by atoms with Crippen LogP contribution in [0.2, 0.25) is 0 Å². The summed E-state index contributed by atoms with van der Waals surface area (Å²) in [4.78, 5) is 23.5. The van der Waals surface area contributed by atoms with Crippen LogP contribution in [-0.4, -0.2) is 53.4 Å². The lowest BCUT2D eigenvalue weighted by molar-refractivity contribution is -0.133. The molecule has 1 saturated heterocycles. The Kier molecular flexibility index (Phi) is 5.82. The number of piperidine rings is 1. The molecule has 1 N–H and O–H groups in total. The molecule has 1 amide bonds. The van der Waals surface area contributed by atoms with Gasteiger partial charge in [-0.15, -0.1) is 0 Å². The zero-order valence-electron chi connectivity index (χ0n) is 19.0. The van der Waals surface area contributed by atoms with Crippen LogP contribution in [-0.2, 0) is 17.8 Å². The molecule has 0 spiro atoms. The van der Waals surface area contributed by atoms with Gasteiger partial charge in [0, 0.05) is 31.8 Å². The Morgan fingerprint density at radius 1 is 1.18 bits per heavy atom. The van der Waals surface area contributed by atoms with Crippen LogP contribution in [0.15, 0.2) is 42.7 Å². The van der Waals surface area contributed by atoms with Gasteiger partial charge in [-0.05, 0) is 61.6 Å². The maximum absolute atomic E-state index is 12.2. The van der Waals surface area contributed by atoms with Crippen LogP contribution in [0.25, 0.3) is 22.7 Å². The molecule has 0 unspecified atom stereocenters. The van der Waals surface area contributed by atoms with Gasteiger partial charge in [0.1, 0.15) is 18.2 Å². The predicted molar refractivity (Wildman–Crippen MR) is 125 cm³/mol. The molecule has 1 aliphatic rings. The van der Waals surface area contributed by atoms with Gasteiger partial charge in [-0.25, -0.2) is 14.6 Å². The number of hydrogen-bond donors (Lipinski definition) is 1. The largest absolute Gasteiger partial charge is 0.396 e. The van der Waals surface area contributed by atoms with Gasteiger partial charge < -0.3 is 10.0 Å². The number of hydrogen-bond acceptors (Lipinski definition) is 6. The first-order chi connectivity index (χ1) is 16.6. The van der Waals surface area contributed by atoms with Crippen molar-refractivity contribution in [3.8, 4) is 17.7 Å². The number of fused-ring (bicyclic) bond motifs is 1. The van der Waals surface area contributed by atoms with E-state index in [2.05, 4.69) is 16.2 Å². The van der Waals surface area contributed by atoms with Crippen LogP contribution in [0.4, 0.5) is 0 Å². The Balaban J connectivity index is 1.51. The number of carbonyl (C=O) groups excluding carboxylic acids is 1. The molecule has 0 atom stereocenters. The molecule has 4 heterocycles. The first kappa shape index (κ1) is 21.8. The van der Waals surface area contributed by atoms with Gasteiger partial charge in [0.15, 0.2) is 11.5 Å². The van der Waals surface area contributed by atoms with Crippen molar-refractivity contribution in [3.05, 3.63) is 65.2 Å². The Labute approximate surface area is 196 Å². The lowest BCUT2D eigenvalue weighted by Crippen LogP contribution is -2.34. The van der Waals surface area contributed by atoms with Crippen LogP contribution < -0.4 is 0 Å². The molecule has 5 rings (SSSR count). The summed E-state index contributed by atoms with van der Waals surface area (Å²) in [6.45, 7) is 3.25. The van der Waals surface area contributed by atoms with Crippen LogP contribution >= 0.6 is 0 Å². The fourth-order valence-corrected chi connectivity index (χ4v) is 4.43. The number of benzene rings is 1. The number of aromatic nitrogens is 5. The molecule has 1 fully saturated rings. The highest BCUT2D eigenvalue weighted by Gasteiger charge is 2.19. The van der Waals surface area contributed by atoms with Crippen molar-refractivity contribution in [3.63, 3.8) is 0 Å². The second-order valence-corrected chi connectivity index (χ2v) is 8.53. The van der Waals surface area contributed by atoms with E-state index in [-0.39, 0.29) is 12.5 Å². The monoisotopic (exact) mass is 455 g/mol. The summed E-state index contributed by atoms with van der Waals surface area (Å²) >= 11 is 0. The van der Waals surface area contributed by atoms with E-state index in [9.17, 15) is 15.2 Å². The third-order valence-corrected chi connectivity index (χ3v) is 6.18. The van der Waals surface area contributed by atoms with Gasteiger partial charge in [0.25, 0.3) is 0 Å². The smallest absolute Gasteiger partial charge is 0.222 e. The maximum atomic E-state index is 12.2. The van der Waals surface area contributed by atoms with Gasteiger partial charge in [0.05, 0.1) is 11.0 Å². The normalized spacial score (nSPS) is 14.0. The fraction of sp³-hybridized carbons (Fsp3) is 0.320. The van der Waals surface area contributed by atoms with Gasteiger partial charge in [0.2, 0.25) is 5.91 Å². The Bertz CT molecular complexity index is 1410. The van der Waals surface area contributed by atoms with E-state index in [4.69, 9.17) is 4.98 Å². The molecule has 3 aromatic heterocycles. The zero-order valence-corrected chi connectivity index (χ0v) is 19.0. The minimum Gasteiger partial charge on any atom is -0.396 e. The summed E-state index contributed by atoms with van der Waals surface area (Å²) in [6, 6.07) is 13.6. The van der Waals surface area contributed by atoms with Crippen LogP contribution in [0.1, 0.15) is 41.8 Å². The number of likely N-dealkylation sites (tertiary alicyclic amines) is 1. The molecule has 0 radical (unpaired) electrons. The van der Waals surface area contributed by atoms with Gasteiger partial charge in [-0.1, -0.05) is 12.1 Å². The second kappa shape index (κ2) is 9.08. The summed E-state index contributed by atoms with van der Waals surface area (Å²) < 4.78 is 3.54. The summed E-state index contributed by atoms with van der Waals surface area (Å²) in [5.41, 5.74) is 4.71. The van der Waals surface area contributed by atoms with Crippen LogP contribution in [0, 0.1) is 18.3 Å².